The molecule has 94 valence electrons. The number of aliphatic hydroxyl groups excluding tert-OH is 1. The molecule has 0 aromatic rings. The Morgan fingerprint density at radius 1 is 1.50 bits per heavy atom. The zero-order chi connectivity index (χ0) is 11.1. The van der Waals surface area contributed by atoms with E-state index in [0.717, 1.165) is 19.5 Å². The summed E-state index contributed by atoms with van der Waals surface area (Å²) >= 11 is 0. The third kappa shape index (κ3) is 2.87. The maximum absolute atomic E-state index is 12.0. The van der Waals surface area contributed by atoms with Crippen molar-refractivity contribution in [1.82, 2.24) is 10.2 Å². The second kappa shape index (κ2) is 4.90. The van der Waals surface area contributed by atoms with Crippen molar-refractivity contribution in [2.45, 2.75) is 38.8 Å². The van der Waals surface area contributed by atoms with Crippen LogP contribution in [0.1, 0.15) is 26.7 Å². The maximum atomic E-state index is 12.0. The number of halogens is 1. The lowest BCUT2D eigenvalue weighted by atomic mass is 9.93. The van der Waals surface area contributed by atoms with Gasteiger partial charge in [0.05, 0.1) is 12.1 Å². The molecule has 0 aromatic carbocycles. The standard InChI is InChI=1S/C11H20N2O2.ClH/c1-11(2)3-4-13(7-11)10(15)9-5-8(14)6-12-9;/h8-9,12,14H,3-7H2,1-2H3;1H. The van der Waals surface area contributed by atoms with Crippen LogP contribution in [-0.4, -0.2) is 47.7 Å². The molecule has 0 saturated carbocycles. The van der Waals surface area contributed by atoms with Crippen molar-refractivity contribution >= 4 is 18.3 Å². The third-order valence-electron chi connectivity index (χ3n) is 3.39. The molecule has 4 nitrogen and oxygen atoms in total. The van der Waals surface area contributed by atoms with Gasteiger partial charge in [0, 0.05) is 19.6 Å². The zero-order valence-electron chi connectivity index (χ0n) is 9.90. The average Bonchev–Trinajstić information content (AvgIpc) is 2.71. The molecule has 2 heterocycles. The lowest BCUT2D eigenvalue weighted by Gasteiger charge is -2.22. The molecule has 16 heavy (non-hydrogen) atoms. The maximum Gasteiger partial charge on any atom is 0.239 e. The summed E-state index contributed by atoms with van der Waals surface area (Å²) in [7, 11) is 0. The van der Waals surface area contributed by atoms with Crippen molar-refractivity contribution in [3.8, 4) is 0 Å². The molecule has 2 saturated heterocycles. The van der Waals surface area contributed by atoms with E-state index in [9.17, 15) is 9.90 Å². The molecule has 2 aliphatic heterocycles. The predicted molar refractivity (Wildman–Crippen MR) is 64.6 cm³/mol. The highest BCUT2D eigenvalue weighted by atomic mass is 35.5. The van der Waals surface area contributed by atoms with E-state index in [1.807, 2.05) is 4.90 Å². The predicted octanol–water partition coefficient (Wildman–Crippen LogP) is 0.389. The zero-order valence-corrected chi connectivity index (χ0v) is 10.7. The smallest absolute Gasteiger partial charge is 0.239 e. The third-order valence-corrected chi connectivity index (χ3v) is 3.39. The first-order chi connectivity index (χ1) is 6.98. The summed E-state index contributed by atoms with van der Waals surface area (Å²) in [6, 6.07) is -0.158. The molecular weight excluding hydrogens is 228 g/mol. The van der Waals surface area contributed by atoms with Crippen LogP contribution in [0.5, 0.6) is 0 Å². The summed E-state index contributed by atoms with van der Waals surface area (Å²) in [5, 5.41) is 12.4. The van der Waals surface area contributed by atoms with Crippen LogP contribution in [0.2, 0.25) is 0 Å². The van der Waals surface area contributed by atoms with Crippen molar-refractivity contribution in [1.29, 1.82) is 0 Å². The number of aliphatic hydroxyl groups is 1. The SMILES string of the molecule is CC1(C)CCN(C(=O)C2CC(O)CN2)C1.Cl. The number of rotatable bonds is 1. The summed E-state index contributed by atoms with van der Waals surface area (Å²) in [4.78, 5) is 14.0. The van der Waals surface area contributed by atoms with E-state index in [-0.39, 0.29) is 35.9 Å². The first kappa shape index (κ1) is 13.7. The minimum atomic E-state index is -0.352. The monoisotopic (exact) mass is 248 g/mol. The number of likely N-dealkylation sites (tertiary alicyclic amines) is 1. The highest BCUT2D eigenvalue weighted by Gasteiger charge is 2.37. The number of nitrogens with one attached hydrogen (secondary N) is 1. The number of nitrogens with zero attached hydrogens (tertiary/aromatic N) is 1. The summed E-state index contributed by atoms with van der Waals surface area (Å²) < 4.78 is 0. The highest BCUT2D eigenvalue weighted by Crippen LogP contribution is 2.29. The Morgan fingerprint density at radius 3 is 2.62 bits per heavy atom. The van der Waals surface area contributed by atoms with E-state index >= 15 is 0 Å². The summed E-state index contributed by atoms with van der Waals surface area (Å²) in [5.74, 6) is 0.164. The molecule has 0 radical (unpaired) electrons. The van der Waals surface area contributed by atoms with Gasteiger partial charge in [-0.2, -0.15) is 0 Å². The van der Waals surface area contributed by atoms with Crippen LogP contribution in [0.3, 0.4) is 0 Å². The van der Waals surface area contributed by atoms with Gasteiger partial charge in [0.15, 0.2) is 0 Å². The van der Waals surface area contributed by atoms with Crippen molar-refractivity contribution in [2.24, 2.45) is 5.41 Å². The Hall–Kier alpha value is -0.320. The first-order valence-electron chi connectivity index (χ1n) is 5.68. The van der Waals surface area contributed by atoms with Gasteiger partial charge in [-0.1, -0.05) is 13.8 Å². The highest BCUT2D eigenvalue weighted by molar-refractivity contribution is 5.85. The second-order valence-corrected chi connectivity index (χ2v) is 5.52. The minimum absolute atomic E-state index is 0. The number of carbonyl (C=O) groups excluding carboxylic acids is 1. The number of carbonyl (C=O) groups is 1. The summed E-state index contributed by atoms with van der Waals surface area (Å²) in [5.41, 5.74) is 0.257. The van der Waals surface area contributed by atoms with Crippen LogP contribution < -0.4 is 5.32 Å². The second-order valence-electron chi connectivity index (χ2n) is 5.52. The van der Waals surface area contributed by atoms with E-state index in [1.165, 1.54) is 0 Å². The Labute approximate surface area is 103 Å². The summed E-state index contributed by atoms with van der Waals surface area (Å²) in [6.45, 7) is 6.64. The minimum Gasteiger partial charge on any atom is -0.392 e. The van der Waals surface area contributed by atoms with E-state index in [0.29, 0.717) is 13.0 Å². The Morgan fingerprint density at radius 2 is 2.19 bits per heavy atom. The van der Waals surface area contributed by atoms with Crippen LogP contribution in [0.4, 0.5) is 0 Å². The van der Waals surface area contributed by atoms with Gasteiger partial charge in [-0.15, -0.1) is 12.4 Å². The van der Waals surface area contributed by atoms with Crippen LogP contribution in [0, 0.1) is 5.41 Å². The van der Waals surface area contributed by atoms with E-state index in [1.54, 1.807) is 0 Å². The van der Waals surface area contributed by atoms with Crippen molar-refractivity contribution in [2.75, 3.05) is 19.6 Å². The van der Waals surface area contributed by atoms with E-state index in [2.05, 4.69) is 19.2 Å². The quantitative estimate of drug-likeness (QED) is 0.706. The molecule has 1 amide bonds. The molecule has 2 fully saturated rings. The number of amides is 1. The van der Waals surface area contributed by atoms with E-state index < -0.39 is 0 Å². The van der Waals surface area contributed by atoms with Gasteiger partial charge < -0.3 is 15.3 Å². The normalized spacial score (nSPS) is 32.6. The number of hydrogen-bond donors (Lipinski definition) is 2. The first-order valence-corrected chi connectivity index (χ1v) is 5.68. The Balaban J connectivity index is 0.00000128. The van der Waals surface area contributed by atoms with Crippen LogP contribution >= 0.6 is 12.4 Å². The molecule has 5 heteroatoms. The van der Waals surface area contributed by atoms with Gasteiger partial charge in [-0.05, 0) is 18.3 Å². The number of β-amino-alcohol motifs (C(OH)–C–C–N with tert-alkyl or cyclic N) is 1. The van der Waals surface area contributed by atoms with Gasteiger partial charge >= 0.3 is 0 Å². The van der Waals surface area contributed by atoms with E-state index in [4.69, 9.17) is 0 Å². The molecule has 0 aliphatic carbocycles. The molecule has 0 aromatic heterocycles. The average molecular weight is 249 g/mol. The molecule has 2 aliphatic rings. The molecular formula is C11H21ClN2O2. The van der Waals surface area contributed by atoms with Gasteiger partial charge in [0.2, 0.25) is 5.91 Å². The lowest BCUT2D eigenvalue weighted by Crippen LogP contribution is -2.42. The fourth-order valence-corrected chi connectivity index (χ4v) is 2.43. The molecule has 2 atom stereocenters. The van der Waals surface area contributed by atoms with Gasteiger partial charge in [0.1, 0.15) is 0 Å². The van der Waals surface area contributed by atoms with Crippen molar-refractivity contribution in [3.05, 3.63) is 0 Å². The molecule has 2 N–H and O–H groups in total. The fourth-order valence-electron chi connectivity index (χ4n) is 2.43. The topological polar surface area (TPSA) is 52.6 Å². The summed E-state index contributed by atoms with van der Waals surface area (Å²) in [6.07, 6.45) is 1.29. The fraction of sp³-hybridized carbons (Fsp3) is 0.909. The van der Waals surface area contributed by atoms with Gasteiger partial charge in [0.25, 0.3) is 0 Å². The van der Waals surface area contributed by atoms with Crippen LogP contribution in [0.15, 0.2) is 0 Å². The van der Waals surface area contributed by atoms with Crippen LogP contribution in [0.25, 0.3) is 0 Å². The van der Waals surface area contributed by atoms with Gasteiger partial charge in [-0.3, -0.25) is 4.79 Å². The largest absolute Gasteiger partial charge is 0.392 e. The lowest BCUT2D eigenvalue weighted by molar-refractivity contribution is -0.132. The Kier molecular flexibility index (Phi) is 4.21. The van der Waals surface area contributed by atoms with Crippen molar-refractivity contribution in [3.63, 3.8) is 0 Å². The Bertz CT molecular complexity index is 271. The molecule has 2 unspecified atom stereocenters. The van der Waals surface area contributed by atoms with Crippen LogP contribution in [-0.2, 0) is 4.79 Å². The van der Waals surface area contributed by atoms with Crippen molar-refractivity contribution < 1.29 is 9.90 Å². The molecule has 0 bridgehead atoms. The number of hydrogen-bond acceptors (Lipinski definition) is 3. The molecule has 0 spiro atoms. The molecule has 2 rings (SSSR count). The van der Waals surface area contributed by atoms with Gasteiger partial charge in [-0.25, -0.2) is 0 Å².